The summed E-state index contributed by atoms with van der Waals surface area (Å²) in [5.74, 6) is -1.21. The molecule has 0 aliphatic carbocycles. The molecule has 138 valence electrons. The van der Waals surface area contributed by atoms with Gasteiger partial charge >= 0.3 is 12.6 Å². The maximum Gasteiger partial charge on any atom is 0.387 e. The number of hydrogen-bond acceptors (Lipinski definition) is 3. The number of carboxylic acids is 1. The number of aryl methyl sites for hydroxylation is 2. The molecule has 0 saturated heterocycles. The molecule has 0 aromatic heterocycles. The summed E-state index contributed by atoms with van der Waals surface area (Å²) in [5, 5.41) is 11.5. The third-order valence-corrected chi connectivity index (χ3v) is 3.75. The Bertz CT molecular complexity index is 776. The number of aromatic carboxylic acids is 1. The second kappa shape index (κ2) is 8.94. The lowest BCUT2D eigenvalue weighted by molar-refractivity contribution is -0.121. The number of hydrogen-bond donors (Lipinski definition) is 2. The Hall–Kier alpha value is -2.96. The molecule has 2 aromatic rings. The van der Waals surface area contributed by atoms with Gasteiger partial charge in [0.2, 0.25) is 5.91 Å². The van der Waals surface area contributed by atoms with Crippen LogP contribution in [0, 0.1) is 6.92 Å². The lowest BCUT2D eigenvalue weighted by Gasteiger charge is -2.12. The van der Waals surface area contributed by atoms with Crippen molar-refractivity contribution in [3.8, 4) is 5.75 Å². The Labute approximate surface area is 149 Å². The van der Waals surface area contributed by atoms with E-state index in [1.165, 1.54) is 18.2 Å². The first-order valence-corrected chi connectivity index (χ1v) is 7.98. The van der Waals surface area contributed by atoms with Crippen molar-refractivity contribution in [1.29, 1.82) is 0 Å². The van der Waals surface area contributed by atoms with Gasteiger partial charge in [-0.15, -0.1) is 0 Å². The van der Waals surface area contributed by atoms with Crippen LogP contribution in [0.25, 0.3) is 0 Å². The normalized spacial score (nSPS) is 10.6. The summed E-state index contributed by atoms with van der Waals surface area (Å²) in [6.45, 7) is -1.03. The van der Waals surface area contributed by atoms with Gasteiger partial charge in [-0.1, -0.05) is 29.8 Å². The van der Waals surface area contributed by atoms with E-state index in [9.17, 15) is 18.4 Å². The number of alkyl halides is 2. The van der Waals surface area contributed by atoms with E-state index in [0.29, 0.717) is 12.0 Å². The summed E-state index contributed by atoms with van der Waals surface area (Å²) in [6, 6.07) is 11.1. The standard InChI is InChI=1S/C19H19F2NO4/c1-12-2-8-16(26-19(20)21)15(10-12)11-22-17(23)9-5-13-3-6-14(7-4-13)18(24)25/h2-4,6-8,10,19H,5,9,11H2,1H3,(H,22,23)(H,24,25). The maximum absolute atomic E-state index is 12.4. The van der Waals surface area contributed by atoms with Crippen LogP contribution in [0.15, 0.2) is 42.5 Å². The van der Waals surface area contributed by atoms with E-state index in [1.54, 1.807) is 24.3 Å². The third kappa shape index (κ3) is 5.84. The summed E-state index contributed by atoms with van der Waals surface area (Å²) >= 11 is 0. The van der Waals surface area contributed by atoms with Crippen LogP contribution in [0.3, 0.4) is 0 Å². The third-order valence-electron chi connectivity index (χ3n) is 3.75. The van der Waals surface area contributed by atoms with E-state index in [4.69, 9.17) is 5.11 Å². The van der Waals surface area contributed by atoms with Crippen molar-refractivity contribution in [2.45, 2.75) is 32.9 Å². The van der Waals surface area contributed by atoms with E-state index in [-0.39, 0.29) is 30.2 Å². The quantitative estimate of drug-likeness (QED) is 0.752. The van der Waals surface area contributed by atoms with Gasteiger partial charge in [0, 0.05) is 18.5 Å². The molecule has 26 heavy (non-hydrogen) atoms. The molecule has 0 unspecified atom stereocenters. The predicted octanol–water partition coefficient (Wildman–Crippen LogP) is 3.54. The highest BCUT2D eigenvalue weighted by Crippen LogP contribution is 2.22. The van der Waals surface area contributed by atoms with Crippen molar-refractivity contribution in [3.05, 3.63) is 64.7 Å². The zero-order valence-electron chi connectivity index (χ0n) is 14.2. The molecule has 5 nitrogen and oxygen atoms in total. The molecule has 1 amide bonds. The van der Waals surface area contributed by atoms with E-state index < -0.39 is 12.6 Å². The van der Waals surface area contributed by atoms with Gasteiger partial charge in [0.1, 0.15) is 5.75 Å². The van der Waals surface area contributed by atoms with Crippen LogP contribution in [-0.4, -0.2) is 23.6 Å². The topological polar surface area (TPSA) is 75.6 Å². The first kappa shape index (κ1) is 19.4. The molecular formula is C19H19F2NO4. The van der Waals surface area contributed by atoms with E-state index in [2.05, 4.69) is 10.1 Å². The van der Waals surface area contributed by atoms with Crippen LogP contribution in [0.1, 0.15) is 33.5 Å². The lowest BCUT2D eigenvalue weighted by atomic mass is 10.1. The van der Waals surface area contributed by atoms with Crippen LogP contribution >= 0.6 is 0 Å². The number of carbonyl (C=O) groups excluding carboxylic acids is 1. The van der Waals surface area contributed by atoms with Gasteiger partial charge in [-0.25, -0.2) is 4.79 Å². The van der Waals surface area contributed by atoms with E-state index >= 15 is 0 Å². The molecule has 2 aromatic carbocycles. The second-order valence-electron chi connectivity index (χ2n) is 5.77. The van der Waals surface area contributed by atoms with Crippen LogP contribution < -0.4 is 10.1 Å². The lowest BCUT2D eigenvalue weighted by Crippen LogP contribution is -2.23. The molecule has 0 spiro atoms. The van der Waals surface area contributed by atoms with Gasteiger partial charge in [0.25, 0.3) is 0 Å². The van der Waals surface area contributed by atoms with Crippen molar-refractivity contribution in [2.75, 3.05) is 0 Å². The van der Waals surface area contributed by atoms with Crippen molar-refractivity contribution in [3.63, 3.8) is 0 Å². The van der Waals surface area contributed by atoms with Crippen LogP contribution in [0.4, 0.5) is 8.78 Å². The highest BCUT2D eigenvalue weighted by molar-refractivity contribution is 5.87. The number of amides is 1. The monoisotopic (exact) mass is 363 g/mol. The SMILES string of the molecule is Cc1ccc(OC(F)F)c(CNC(=O)CCc2ccc(C(=O)O)cc2)c1. The molecule has 0 bridgehead atoms. The minimum Gasteiger partial charge on any atom is -0.478 e. The summed E-state index contributed by atoms with van der Waals surface area (Å²) < 4.78 is 29.3. The fraction of sp³-hybridized carbons (Fsp3) is 0.263. The van der Waals surface area contributed by atoms with Gasteiger partial charge in [-0.05, 0) is 37.1 Å². The van der Waals surface area contributed by atoms with Gasteiger partial charge < -0.3 is 15.2 Å². The molecule has 7 heteroatoms. The van der Waals surface area contributed by atoms with Crippen molar-refractivity contribution >= 4 is 11.9 Å². The summed E-state index contributed by atoms with van der Waals surface area (Å²) in [6.07, 6.45) is 0.642. The smallest absolute Gasteiger partial charge is 0.387 e. The summed E-state index contributed by atoms with van der Waals surface area (Å²) in [7, 11) is 0. The van der Waals surface area contributed by atoms with E-state index in [1.807, 2.05) is 6.92 Å². The molecule has 0 fully saturated rings. The highest BCUT2D eigenvalue weighted by atomic mass is 19.3. The van der Waals surface area contributed by atoms with Gasteiger partial charge in [-0.2, -0.15) is 8.78 Å². The fourth-order valence-corrected chi connectivity index (χ4v) is 2.41. The van der Waals surface area contributed by atoms with Gasteiger partial charge in [0.15, 0.2) is 0 Å². The Balaban J connectivity index is 1.88. The fourth-order valence-electron chi connectivity index (χ4n) is 2.41. The Morgan fingerprint density at radius 2 is 1.85 bits per heavy atom. The molecule has 0 heterocycles. The van der Waals surface area contributed by atoms with Gasteiger partial charge in [-0.3, -0.25) is 4.79 Å². The number of benzene rings is 2. The minimum atomic E-state index is -2.93. The Kier molecular flexibility index (Phi) is 6.66. The van der Waals surface area contributed by atoms with Crippen molar-refractivity contribution < 1.29 is 28.2 Å². The van der Waals surface area contributed by atoms with Crippen LogP contribution in [0.2, 0.25) is 0 Å². The molecule has 0 atom stereocenters. The van der Waals surface area contributed by atoms with Gasteiger partial charge in [0.05, 0.1) is 5.56 Å². The first-order valence-electron chi connectivity index (χ1n) is 7.98. The second-order valence-corrected chi connectivity index (χ2v) is 5.77. The van der Waals surface area contributed by atoms with E-state index in [0.717, 1.165) is 11.1 Å². The number of carboxylic acid groups (broad SMARTS) is 1. The minimum absolute atomic E-state index is 0.0372. The average Bonchev–Trinajstić information content (AvgIpc) is 2.60. The van der Waals surface area contributed by atoms with Crippen molar-refractivity contribution in [2.24, 2.45) is 0 Å². The molecule has 0 aliphatic rings. The number of halogens is 2. The van der Waals surface area contributed by atoms with Crippen LogP contribution in [0.5, 0.6) is 5.75 Å². The largest absolute Gasteiger partial charge is 0.478 e. The molecule has 2 N–H and O–H groups in total. The Morgan fingerprint density at radius 3 is 2.46 bits per heavy atom. The summed E-state index contributed by atoms with van der Waals surface area (Å²) in [5.41, 5.74) is 2.37. The number of carbonyl (C=O) groups is 2. The molecule has 2 rings (SSSR count). The Morgan fingerprint density at radius 1 is 1.15 bits per heavy atom. The zero-order valence-corrected chi connectivity index (χ0v) is 14.2. The number of ether oxygens (including phenoxy) is 1. The molecular weight excluding hydrogens is 344 g/mol. The highest BCUT2D eigenvalue weighted by Gasteiger charge is 2.11. The average molecular weight is 363 g/mol. The number of nitrogens with one attached hydrogen (secondary N) is 1. The van der Waals surface area contributed by atoms with Crippen molar-refractivity contribution in [1.82, 2.24) is 5.32 Å². The molecule has 0 aliphatic heterocycles. The maximum atomic E-state index is 12.4. The summed E-state index contributed by atoms with van der Waals surface area (Å²) in [4.78, 5) is 22.8. The number of rotatable bonds is 8. The molecule has 0 saturated carbocycles. The first-order chi connectivity index (χ1) is 12.3. The zero-order chi connectivity index (χ0) is 19.1. The molecule has 0 radical (unpaired) electrons. The predicted molar refractivity (Wildman–Crippen MR) is 91.4 cm³/mol. The van der Waals surface area contributed by atoms with Crippen LogP contribution in [-0.2, 0) is 17.8 Å².